The Hall–Kier alpha value is -1.38. The van der Waals surface area contributed by atoms with Crippen LogP contribution in [0.25, 0.3) is 0 Å². The first-order valence-electron chi connectivity index (χ1n) is 5.93. The number of nitrogens with zero attached hydrogens (tertiary/aromatic N) is 1. The molecule has 1 heterocycles. The Morgan fingerprint density at radius 1 is 1.38 bits per heavy atom. The van der Waals surface area contributed by atoms with Gasteiger partial charge in [-0.3, -0.25) is 9.78 Å². The molecule has 0 radical (unpaired) electrons. The number of nitrogens with two attached hydrogens (primary N) is 1. The molecule has 1 aromatic rings. The van der Waals surface area contributed by atoms with Gasteiger partial charge in [0, 0.05) is 12.1 Å². The summed E-state index contributed by atoms with van der Waals surface area (Å²) in [5.41, 5.74) is 6.74. The van der Waals surface area contributed by atoms with Crippen LogP contribution in [0.1, 0.15) is 43.1 Å². The number of hydrogen-bond acceptors (Lipinski definition) is 3. The van der Waals surface area contributed by atoms with Crippen LogP contribution < -0.4 is 5.73 Å². The number of ketones is 1. The molecule has 3 heteroatoms. The lowest BCUT2D eigenvalue weighted by molar-refractivity contribution is 0.0871. The van der Waals surface area contributed by atoms with Gasteiger partial charge in [0.2, 0.25) is 0 Å². The van der Waals surface area contributed by atoms with Crippen LogP contribution in [0.4, 0.5) is 5.69 Å². The number of hydrogen-bond donors (Lipinski definition) is 1. The number of Topliss-reactive ketones (excluding diaryl/α,β-unsaturated/α-hetero) is 1. The predicted octanol–water partition coefficient (Wildman–Crippen LogP) is 2.67. The van der Waals surface area contributed by atoms with Crippen LogP contribution in [0, 0.1) is 11.8 Å². The van der Waals surface area contributed by atoms with E-state index in [4.69, 9.17) is 5.73 Å². The molecular formula is C13H18N2O. The minimum absolute atomic E-state index is 0.130. The van der Waals surface area contributed by atoms with Crippen molar-refractivity contribution in [2.75, 3.05) is 5.73 Å². The van der Waals surface area contributed by atoms with Gasteiger partial charge in [-0.1, -0.05) is 19.8 Å². The molecule has 86 valence electrons. The highest BCUT2D eigenvalue weighted by molar-refractivity contribution is 6.00. The van der Waals surface area contributed by atoms with E-state index in [0.29, 0.717) is 11.4 Å². The van der Waals surface area contributed by atoms with E-state index in [1.54, 1.807) is 18.3 Å². The molecule has 0 aliphatic heterocycles. The van der Waals surface area contributed by atoms with Crippen molar-refractivity contribution in [3.63, 3.8) is 0 Å². The molecule has 1 aliphatic carbocycles. The van der Waals surface area contributed by atoms with Crippen LogP contribution in [0.5, 0.6) is 0 Å². The lowest BCUT2D eigenvalue weighted by atomic mass is 9.80. The van der Waals surface area contributed by atoms with Gasteiger partial charge in [-0.05, 0) is 30.9 Å². The van der Waals surface area contributed by atoms with Crippen LogP contribution in [0.2, 0.25) is 0 Å². The first-order chi connectivity index (χ1) is 7.68. The molecule has 1 aromatic heterocycles. The largest absolute Gasteiger partial charge is 0.397 e. The molecule has 0 amide bonds. The Kier molecular flexibility index (Phi) is 3.22. The zero-order chi connectivity index (χ0) is 11.5. The van der Waals surface area contributed by atoms with Crippen LogP contribution in [0.15, 0.2) is 18.3 Å². The average Bonchev–Trinajstić information content (AvgIpc) is 2.30. The second-order valence-corrected chi connectivity index (χ2v) is 4.76. The molecule has 0 bridgehead atoms. The van der Waals surface area contributed by atoms with Crippen molar-refractivity contribution in [2.24, 2.45) is 11.8 Å². The molecule has 0 atom stereocenters. The van der Waals surface area contributed by atoms with Crippen molar-refractivity contribution >= 4 is 11.5 Å². The maximum Gasteiger partial charge on any atom is 0.186 e. The van der Waals surface area contributed by atoms with Gasteiger partial charge in [0.25, 0.3) is 0 Å². The summed E-state index contributed by atoms with van der Waals surface area (Å²) in [6, 6.07) is 3.50. The summed E-state index contributed by atoms with van der Waals surface area (Å²) in [7, 11) is 0. The Morgan fingerprint density at radius 2 is 2.06 bits per heavy atom. The lowest BCUT2D eigenvalue weighted by Crippen LogP contribution is -2.22. The number of nitrogen functional groups attached to an aromatic ring is 1. The lowest BCUT2D eigenvalue weighted by Gasteiger charge is -2.24. The van der Waals surface area contributed by atoms with Crippen LogP contribution in [0.3, 0.4) is 0 Å². The van der Waals surface area contributed by atoms with E-state index in [-0.39, 0.29) is 11.7 Å². The van der Waals surface area contributed by atoms with E-state index in [9.17, 15) is 4.79 Å². The zero-order valence-electron chi connectivity index (χ0n) is 9.65. The summed E-state index contributed by atoms with van der Waals surface area (Å²) >= 11 is 0. The molecule has 0 unspecified atom stereocenters. The molecule has 0 spiro atoms. The zero-order valence-corrected chi connectivity index (χ0v) is 9.65. The van der Waals surface area contributed by atoms with Crippen molar-refractivity contribution in [2.45, 2.75) is 32.6 Å². The second kappa shape index (κ2) is 4.64. The number of anilines is 1. The van der Waals surface area contributed by atoms with E-state index >= 15 is 0 Å². The second-order valence-electron chi connectivity index (χ2n) is 4.76. The summed E-state index contributed by atoms with van der Waals surface area (Å²) in [6.07, 6.45) is 5.88. The molecule has 16 heavy (non-hydrogen) atoms. The van der Waals surface area contributed by atoms with Crippen molar-refractivity contribution in [1.29, 1.82) is 0 Å². The standard InChI is InChI=1S/C13H18N2O/c1-9-4-6-10(7-5-9)13(16)12-11(14)3-2-8-15-12/h2-3,8-10H,4-7,14H2,1H3. The number of carbonyl (C=O) groups is 1. The average molecular weight is 218 g/mol. The van der Waals surface area contributed by atoms with Crippen molar-refractivity contribution in [3.8, 4) is 0 Å². The fraction of sp³-hybridized carbons (Fsp3) is 0.538. The summed E-state index contributed by atoms with van der Waals surface area (Å²) in [6.45, 7) is 2.25. The van der Waals surface area contributed by atoms with E-state index in [2.05, 4.69) is 11.9 Å². The Morgan fingerprint density at radius 3 is 2.69 bits per heavy atom. The first-order valence-corrected chi connectivity index (χ1v) is 5.93. The summed E-state index contributed by atoms with van der Waals surface area (Å²) in [4.78, 5) is 16.3. The Bertz CT molecular complexity index is 381. The number of rotatable bonds is 2. The van der Waals surface area contributed by atoms with Crippen molar-refractivity contribution in [1.82, 2.24) is 4.98 Å². The quantitative estimate of drug-likeness (QED) is 0.776. The number of aromatic nitrogens is 1. The maximum absolute atomic E-state index is 12.2. The topological polar surface area (TPSA) is 56.0 Å². The van der Waals surface area contributed by atoms with Crippen LogP contribution in [-0.2, 0) is 0 Å². The third kappa shape index (κ3) is 2.23. The van der Waals surface area contributed by atoms with Gasteiger partial charge in [-0.25, -0.2) is 0 Å². The molecule has 1 fully saturated rings. The van der Waals surface area contributed by atoms with Gasteiger partial charge in [0.15, 0.2) is 5.78 Å². The SMILES string of the molecule is CC1CCC(C(=O)c2ncccc2N)CC1. The van der Waals surface area contributed by atoms with Crippen molar-refractivity contribution < 1.29 is 4.79 Å². The van der Waals surface area contributed by atoms with Gasteiger partial charge >= 0.3 is 0 Å². The molecule has 2 rings (SSSR count). The number of carbonyl (C=O) groups excluding carboxylic acids is 1. The highest BCUT2D eigenvalue weighted by atomic mass is 16.1. The maximum atomic E-state index is 12.2. The van der Waals surface area contributed by atoms with E-state index in [1.165, 1.54) is 0 Å². The van der Waals surface area contributed by atoms with Crippen LogP contribution in [-0.4, -0.2) is 10.8 Å². The van der Waals surface area contributed by atoms with Gasteiger partial charge < -0.3 is 5.73 Å². The molecule has 3 nitrogen and oxygen atoms in total. The van der Waals surface area contributed by atoms with Gasteiger partial charge in [0.05, 0.1) is 5.69 Å². The smallest absolute Gasteiger partial charge is 0.186 e. The van der Waals surface area contributed by atoms with Crippen LogP contribution >= 0.6 is 0 Å². The Labute approximate surface area is 96.1 Å². The minimum Gasteiger partial charge on any atom is -0.397 e. The fourth-order valence-electron chi connectivity index (χ4n) is 2.34. The summed E-state index contributed by atoms with van der Waals surface area (Å²) in [5.74, 6) is 1.02. The predicted molar refractivity (Wildman–Crippen MR) is 64.1 cm³/mol. The summed E-state index contributed by atoms with van der Waals surface area (Å²) in [5, 5.41) is 0. The monoisotopic (exact) mass is 218 g/mol. The third-order valence-electron chi connectivity index (χ3n) is 3.46. The highest BCUT2D eigenvalue weighted by Crippen LogP contribution is 2.31. The molecule has 0 aromatic carbocycles. The van der Waals surface area contributed by atoms with Gasteiger partial charge in [-0.2, -0.15) is 0 Å². The van der Waals surface area contributed by atoms with Gasteiger partial charge in [-0.15, -0.1) is 0 Å². The third-order valence-corrected chi connectivity index (χ3v) is 3.46. The molecule has 0 saturated heterocycles. The van der Waals surface area contributed by atoms with E-state index < -0.39 is 0 Å². The highest BCUT2D eigenvalue weighted by Gasteiger charge is 2.26. The summed E-state index contributed by atoms with van der Waals surface area (Å²) < 4.78 is 0. The Balaban J connectivity index is 2.11. The molecular weight excluding hydrogens is 200 g/mol. The molecule has 2 N–H and O–H groups in total. The molecule has 1 aliphatic rings. The molecule has 1 saturated carbocycles. The normalized spacial score (nSPS) is 25.3. The number of pyridine rings is 1. The van der Waals surface area contributed by atoms with Gasteiger partial charge in [0.1, 0.15) is 5.69 Å². The first kappa shape index (κ1) is 11.1. The minimum atomic E-state index is 0.130. The van der Waals surface area contributed by atoms with E-state index in [1.807, 2.05) is 0 Å². The van der Waals surface area contributed by atoms with E-state index in [0.717, 1.165) is 31.6 Å². The fourth-order valence-corrected chi connectivity index (χ4v) is 2.34. The van der Waals surface area contributed by atoms with Crippen molar-refractivity contribution in [3.05, 3.63) is 24.0 Å².